The first-order chi connectivity index (χ1) is 13.1. The number of ether oxygens (including phenoxy) is 1. The highest BCUT2D eigenvalue weighted by Gasteiger charge is 2.19. The molecule has 1 aliphatic rings. The SMILES string of the molecule is COc1ccc(C=Cc2cc(-c3cc4c([nH]3)CCNC4=O)ccn2)cc1C. The van der Waals surface area contributed by atoms with Crippen molar-refractivity contribution in [3.8, 4) is 17.0 Å². The van der Waals surface area contributed by atoms with Crippen LogP contribution in [0.5, 0.6) is 5.75 Å². The number of H-pyrrole nitrogens is 1. The van der Waals surface area contributed by atoms with Gasteiger partial charge in [0.2, 0.25) is 0 Å². The number of aromatic amines is 1. The summed E-state index contributed by atoms with van der Waals surface area (Å²) in [6.45, 7) is 2.70. The van der Waals surface area contributed by atoms with Crippen molar-refractivity contribution in [2.75, 3.05) is 13.7 Å². The minimum absolute atomic E-state index is 0.0113. The van der Waals surface area contributed by atoms with E-state index in [1.54, 1.807) is 13.3 Å². The predicted molar refractivity (Wildman–Crippen MR) is 107 cm³/mol. The summed E-state index contributed by atoms with van der Waals surface area (Å²) in [6, 6.07) is 11.9. The molecule has 27 heavy (non-hydrogen) atoms. The topological polar surface area (TPSA) is 67.0 Å². The lowest BCUT2D eigenvalue weighted by molar-refractivity contribution is 0.0946. The second-order valence-corrected chi connectivity index (χ2v) is 6.61. The molecule has 2 aromatic heterocycles. The number of benzene rings is 1. The predicted octanol–water partition coefficient (Wildman–Crippen LogP) is 3.85. The lowest BCUT2D eigenvalue weighted by Crippen LogP contribution is -2.31. The number of nitrogens with zero attached hydrogens (tertiary/aromatic N) is 1. The Morgan fingerprint density at radius 2 is 2.04 bits per heavy atom. The Balaban J connectivity index is 1.59. The normalized spacial score (nSPS) is 13.5. The molecule has 1 aromatic carbocycles. The Morgan fingerprint density at radius 3 is 2.81 bits per heavy atom. The molecule has 0 atom stereocenters. The number of aromatic nitrogens is 2. The van der Waals surface area contributed by atoms with Crippen LogP contribution in [-0.4, -0.2) is 29.5 Å². The van der Waals surface area contributed by atoms with Gasteiger partial charge in [-0.2, -0.15) is 0 Å². The molecule has 3 aromatic rings. The van der Waals surface area contributed by atoms with Crippen molar-refractivity contribution in [1.29, 1.82) is 0 Å². The minimum Gasteiger partial charge on any atom is -0.496 e. The molecule has 0 radical (unpaired) electrons. The van der Waals surface area contributed by atoms with Crippen LogP contribution in [0.4, 0.5) is 0 Å². The number of amides is 1. The van der Waals surface area contributed by atoms with E-state index in [0.717, 1.165) is 51.5 Å². The molecule has 1 amide bonds. The van der Waals surface area contributed by atoms with Gasteiger partial charge in [-0.25, -0.2) is 0 Å². The van der Waals surface area contributed by atoms with Crippen LogP contribution in [0.2, 0.25) is 0 Å². The third-order valence-corrected chi connectivity index (χ3v) is 4.76. The number of fused-ring (bicyclic) bond motifs is 1. The van der Waals surface area contributed by atoms with Crippen LogP contribution in [0, 0.1) is 6.92 Å². The summed E-state index contributed by atoms with van der Waals surface area (Å²) in [4.78, 5) is 19.8. The van der Waals surface area contributed by atoms with Gasteiger partial charge < -0.3 is 15.0 Å². The zero-order valence-electron chi connectivity index (χ0n) is 15.4. The number of aryl methyl sites for hydroxylation is 1. The van der Waals surface area contributed by atoms with Crippen LogP contribution in [0.15, 0.2) is 42.6 Å². The molecule has 0 saturated carbocycles. The van der Waals surface area contributed by atoms with Crippen molar-refractivity contribution < 1.29 is 9.53 Å². The Bertz CT molecular complexity index is 1030. The second kappa shape index (κ2) is 7.11. The van der Waals surface area contributed by atoms with Gasteiger partial charge in [-0.15, -0.1) is 0 Å². The number of carbonyl (C=O) groups excluding carboxylic acids is 1. The Morgan fingerprint density at radius 1 is 1.15 bits per heavy atom. The monoisotopic (exact) mass is 359 g/mol. The average Bonchev–Trinajstić information content (AvgIpc) is 3.13. The summed E-state index contributed by atoms with van der Waals surface area (Å²) in [6.07, 6.45) is 6.63. The average molecular weight is 359 g/mol. The van der Waals surface area contributed by atoms with Crippen molar-refractivity contribution in [1.82, 2.24) is 15.3 Å². The largest absolute Gasteiger partial charge is 0.496 e. The van der Waals surface area contributed by atoms with Crippen molar-refractivity contribution in [2.24, 2.45) is 0 Å². The Hall–Kier alpha value is -3.34. The summed E-state index contributed by atoms with van der Waals surface area (Å²) in [5.41, 5.74) is 6.73. The molecule has 0 saturated heterocycles. The van der Waals surface area contributed by atoms with Gasteiger partial charge in [0.05, 0.1) is 18.4 Å². The molecular weight excluding hydrogens is 338 g/mol. The molecule has 0 fully saturated rings. The lowest BCUT2D eigenvalue weighted by atomic mass is 10.1. The molecule has 0 bridgehead atoms. The summed E-state index contributed by atoms with van der Waals surface area (Å²) < 4.78 is 5.30. The Kier molecular flexibility index (Phi) is 4.50. The van der Waals surface area contributed by atoms with Gasteiger partial charge in [0, 0.05) is 36.1 Å². The quantitative estimate of drug-likeness (QED) is 0.743. The minimum atomic E-state index is -0.0113. The van der Waals surface area contributed by atoms with Crippen LogP contribution in [-0.2, 0) is 6.42 Å². The van der Waals surface area contributed by atoms with Crippen LogP contribution in [0.1, 0.15) is 32.9 Å². The fourth-order valence-corrected chi connectivity index (χ4v) is 3.34. The summed E-state index contributed by atoms with van der Waals surface area (Å²) in [7, 11) is 1.68. The van der Waals surface area contributed by atoms with Crippen LogP contribution in [0.3, 0.4) is 0 Å². The molecule has 5 nitrogen and oxygen atoms in total. The Labute approximate surface area is 158 Å². The summed E-state index contributed by atoms with van der Waals surface area (Å²) in [5, 5.41) is 2.87. The number of hydrogen-bond acceptors (Lipinski definition) is 3. The third kappa shape index (κ3) is 3.49. The maximum atomic E-state index is 12.0. The van der Waals surface area contributed by atoms with Gasteiger partial charge in [-0.05, 0) is 54.5 Å². The third-order valence-electron chi connectivity index (χ3n) is 4.76. The number of methoxy groups -OCH3 is 1. The standard InChI is InChI=1S/C22H21N3O2/c1-14-11-15(4-6-21(14)27-2)3-5-17-12-16(7-9-23-17)20-13-18-19(25-20)8-10-24-22(18)26/h3-7,9,11-13,25H,8,10H2,1-2H3,(H,24,26). The molecule has 2 N–H and O–H groups in total. The van der Waals surface area contributed by atoms with Gasteiger partial charge >= 0.3 is 0 Å². The second-order valence-electron chi connectivity index (χ2n) is 6.61. The van der Waals surface area contributed by atoms with Crippen molar-refractivity contribution in [3.05, 3.63) is 70.7 Å². The van der Waals surface area contributed by atoms with E-state index < -0.39 is 0 Å². The van der Waals surface area contributed by atoms with E-state index in [2.05, 4.69) is 21.4 Å². The number of rotatable bonds is 4. The van der Waals surface area contributed by atoms with Gasteiger partial charge in [0.1, 0.15) is 5.75 Å². The highest BCUT2D eigenvalue weighted by molar-refractivity contribution is 5.97. The van der Waals surface area contributed by atoms with Gasteiger partial charge in [-0.3, -0.25) is 9.78 Å². The molecule has 0 unspecified atom stereocenters. The van der Waals surface area contributed by atoms with Crippen molar-refractivity contribution >= 4 is 18.1 Å². The first-order valence-corrected chi connectivity index (χ1v) is 8.93. The summed E-state index contributed by atoms with van der Waals surface area (Å²) in [5.74, 6) is 0.870. The van der Waals surface area contributed by atoms with E-state index in [4.69, 9.17) is 4.74 Å². The molecule has 5 heteroatoms. The molecule has 0 spiro atoms. The van der Waals surface area contributed by atoms with E-state index in [9.17, 15) is 4.79 Å². The number of pyridine rings is 1. The van der Waals surface area contributed by atoms with E-state index in [1.807, 2.05) is 49.4 Å². The van der Waals surface area contributed by atoms with Gasteiger partial charge in [-0.1, -0.05) is 12.1 Å². The fourth-order valence-electron chi connectivity index (χ4n) is 3.34. The maximum absolute atomic E-state index is 12.0. The molecule has 136 valence electrons. The maximum Gasteiger partial charge on any atom is 0.253 e. The zero-order valence-corrected chi connectivity index (χ0v) is 15.4. The van der Waals surface area contributed by atoms with E-state index in [1.165, 1.54) is 0 Å². The molecule has 4 rings (SSSR count). The first-order valence-electron chi connectivity index (χ1n) is 8.93. The number of nitrogens with one attached hydrogen (secondary N) is 2. The highest BCUT2D eigenvalue weighted by Crippen LogP contribution is 2.25. The highest BCUT2D eigenvalue weighted by atomic mass is 16.5. The van der Waals surface area contributed by atoms with Crippen LogP contribution < -0.4 is 10.1 Å². The summed E-state index contributed by atoms with van der Waals surface area (Å²) >= 11 is 0. The smallest absolute Gasteiger partial charge is 0.253 e. The van der Waals surface area contributed by atoms with Crippen LogP contribution in [0.25, 0.3) is 23.4 Å². The van der Waals surface area contributed by atoms with Gasteiger partial charge in [0.15, 0.2) is 0 Å². The molecule has 3 heterocycles. The zero-order chi connectivity index (χ0) is 18.8. The van der Waals surface area contributed by atoms with E-state index in [0.29, 0.717) is 6.54 Å². The lowest BCUT2D eigenvalue weighted by Gasteiger charge is -2.10. The fraction of sp³-hybridized carbons (Fsp3) is 0.182. The van der Waals surface area contributed by atoms with Crippen LogP contribution >= 0.6 is 0 Å². The van der Waals surface area contributed by atoms with Crippen molar-refractivity contribution in [3.63, 3.8) is 0 Å². The van der Waals surface area contributed by atoms with Gasteiger partial charge in [0.25, 0.3) is 5.91 Å². The molecule has 1 aliphatic heterocycles. The first kappa shape index (κ1) is 17.1. The van der Waals surface area contributed by atoms with E-state index in [-0.39, 0.29) is 5.91 Å². The van der Waals surface area contributed by atoms with E-state index >= 15 is 0 Å². The number of hydrogen-bond donors (Lipinski definition) is 2. The molecule has 0 aliphatic carbocycles. The number of carbonyl (C=O) groups is 1. The molecular formula is C22H21N3O2. The van der Waals surface area contributed by atoms with Crippen molar-refractivity contribution in [2.45, 2.75) is 13.3 Å².